The highest BCUT2D eigenvalue weighted by molar-refractivity contribution is 7.88. The van der Waals surface area contributed by atoms with Crippen LogP contribution in [0.3, 0.4) is 0 Å². The van der Waals surface area contributed by atoms with Gasteiger partial charge in [-0.25, -0.2) is 12.7 Å². The molecule has 2 aromatic rings. The molecule has 0 N–H and O–H groups in total. The van der Waals surface area contributed by atoms with Gasteiger partial charge in [-0.1, -0.05) is 54.6 Å². The normalized spacial score (nSPS) is 18.7. The molecule has 114 valence electrons. The van der Waals surface area contributed by atoms with Gasteiger partial charge in [-0.05, 0) is 16.7 Å². The molecule has 0 bridgehead atoms. The lowest BCUT2D eigenvalue weighted by molar-refractivity contribution is -0.125. The standard InChI is InChI=1S/C17H17NO3S/c1-22(20,21)18-12-16(13-7-3-2-4-8-13)15-10-6-5-9-14(15)11-17(18)19/h2-10,16H,11-12H2,1H3. The van der Waals surface area contributed by atoms with Crippen molar-refractivity contribution in [2.45, 2.75) is 12.3 Å². The quantitative estimate of drug-likeness (QED) is 0.853. The van der Waals surface area contributed by atoms with Crippen LogP contribution < -0.4 is 0 Å². The Kier molecular flexibility index (Phi) is 3.74. The summed E-state index contributed by atoms with van der Waals surface area (Å²) in [5, 5.41) is 0. The fraction of sp³-hybridized carbons (Fsp3) is 0.235. The number of benzene rings is 2. The van der Waals surface area contributed by atoms with E-state index >= 15 is 0 Å². The number of fused-ring (bicyclic) bond motifs is 1. The predicted molar refractivity (Wildman–Crippen MR) is 85.0 cm³/mol. The molecule has 0 saturated carbocycles. The monoisotopic (exact) mass is 315 g/mol. The van der Waals surface area contributed by atoms with Crippen molar-refractivity contribution in [2.75, 3.05) is 12.8 Å². The Morgan fingerprint density at radius 2 is 1.64 bits per heavy atom. The molecule has 0 fully saturated rings. The molecule has 0 aliphatic carbocycles. The van der Waals surface area contributed by atoms with Crippen LogP contribution >= 0.6 is 0 Å². The van der Waals surface area contributed by atoms with Gasteiger partial charge >= 0.3 is 0 Å². The van der Waals surface area contributed by atoms with E-state index in [1.54, 1.807) is 0 Å². The molecule has 1 unspecified atom stereocenters. The molecule has 0 aromatic heterocycles. The van der Waals surface area contributed by atoms with Crippen molar-refractivity contribution >= 4 is 15.9 Å². The van der Waals surface area contributed by atoms with E-state index in [0.717, 1.165) is 27.3 Å². The van der Waals surface area contributed by atoms with Crippen LogP contribution in [0.4, 0.5) is 0 Å². The molecule has 0 radical (unpaired) electrons. The van der Waals surface area contributed by atoms with E-state index in [9.17, 15) is 13.2 Å². The van der Waals surface area contributed by atoms with Crippen LogP contribution in [0, 0.1) is 0 Å². The predicted octanol–water partition coefficient (Wildman–Crippen LogP) is 2.16. The summed E-state index contributed by atoms with van der Waals surface area (Å²) in [5.41, 5.74) is 2.93. The van der Waals surface area contributed by atoms with Crippen molar-refractivity contribution in [3.63, 3.8) is 0 Å². The molecule has 22 heavy (non-hydrogen) atoms. The first-order valence-electron chi connectivity index (χ1n) is 7.10. The molecule has 5 heteroatoms. The van der Waals surface area contributed by atoms with Crippen LogP contribution in [0.2, 0.25) is 0 Å². The molecule has 4 nitrogen and oxygen atoms in total. The van der Waals surface area contributed by atoms with Gasteiger partial charge in [0, 0.05) is 12.5 Å². The van der Waals surface area contributed by atoms with Crippen LogP contribution in [0.1, 0.15) is 22.6 Å². The minimum absolute atomic E-state index is 0.118. The van der Waals surface area contributed by atoms with Gasteiger partial charge in [0.1, 0.15) is 0 Å². The van der Waals surface area contributed by atoms with E-state index in [1.807, 2.05) is 54.6 Å². The van der Waals surface area contributed by atoms with Gasteiger partial charge in [0.05, 0.1) is 12.7 Å². The van der Waals surface area contributed by atoms with E-state index in [1.165, 1.54) is 0 Å². The second-order valence-electron chi connectivity index (χ2n) is 5.53. The Morgan fingerprint density at radius 3 is 2.32 bits per heavy atom. The zero-order valence-electron chi connectivity index (χ0n) is 12.3. The number of hydrogen-bond donors (Lipinski definition) is 0. The van der Waals surface area contributed by atoms with Crippen LogP contribution in [-0.4, -0.2) is 31.4 Å². The molecular weight excluding hydrogens is 298 g/mol. The first-order chi connectivity index (χ1) is 10.5. The van der Waals surface area contributed by atoms with Crippen LogP contribution in [0.25, 0.3) is 0 Å². The van der Waals surface area contributed by atoms with Gasteiger partial charge in [-0.2, -0.15) is 0 Å². The summed E-state index contributed by atoms with van der Waals surface area (Å²) in [6.07, 6.45) is 1.20. The molecule has 3 rings (SSSR count). The lowest BCUT2D eigenvalue weighted by Gasteiger charge is -2.23. The van der Waals surface area contributed by atoms with E-state index in [4.69, 9.17) is 0 Å². The molecule has 0 spiro atoms. The third-order valence-electron chi connectivity index (χ3n) is 4.00. The van der Waals surface area contributed by atoms with Crippen molar-refractivity contribution in [3.8, 4) is 0 Å². The number of nitrogens with zero attached hydrogens (tertiary/aromatic N) is 1. The summed E-state index contributed by atoms with van der Waals surface area (Å²) in [4.78, 5) is 12.3. The van der Waals surface area contributed by atoms with Gasteiger partial charge in [0.2, 0.25) is 15.9 Å². The maximum atomic E-state index is 12.3. The third kappa shape index (κ3) is 2.76. The summed E-state index contributed by atoms with van der Waals surface area (Å²) in [6, 6.07) is 17.4. The summed E-state index contributed by atoms with van der Waals surface area (Å²) < 4.78 is 25.0. The van der Waals surface area contributed by atoms with Gasteiger partial charge in [-0.3, -0.25) is 4.79 Å². The van der Waals surface area contributed by atoms with Crippen molar-refractivity contribution in [1.82, 2.24) is 4.31 Å². The number of amides is 1. The molecule has 1 amide bonds. The SMILES string of the molecule is CS(=O)(=O)N1CC(c2ccccc2)c2ccccc2CC1=O. The zero-order chi connectivity index (χ0) is 15.7. The van der Waals surface area contributed by atoms with Crippen molar-refractivity contribution in [1.29, 1.82) is 0 Å². The Labute approximate surface area is 130 Å². The Hall–Kier alpha value is -2.14. The van der Waals surface area contributed by atoms with E-state index in [0.29, 0.717) is 0 Å². The van der Waals surface area contributed by atoms with Crippen LogP contribution in [0.5, 0.6) is 0 Å². The zero-order valence-corrected chi connectivity index (χ0v) is 13.1. The smallest absolute Gasteiger partial charge is 0.240 e. The van der Waals surface area contributed by atoms with Crippen molar-refractivity contribution in [3.05, 3.63) is 71.3 Å². The number of sulfonamides is 1. The third-order valence-corrected chi connectivity index (χ3v) is 5.15. The molecular formula is C17H17NO3S. The van der Waals surface area contributed by atoms with Gasteiger partial charge < -0.3 is 0 Å². The van der Waals surface area contributed by atoms with E-state index in [-0.39, 0.29) is 24.8 Å². The topological polar surface area (TPSA) is 54.5 Å². The highest BCUT2D eigenvalue weighted by Gasteiger charge is 2.32. The minimum atomic E-state index is -3.57. The first-order valence-corrected chi connectivity index (χ1v) is 8.95. The van der Waals surface area contributed by atoms with Crippen LogP contribution in [-0.2, 0) is 21.2 Å². The number of carbonyl (C=O) groups is 1. The van der Waals surface area contributed by atoms with Gasteiger partial charge in [-0.15, -0.1) is 0 Å². The molecule has 1 heterocycles. The van der Waals surface area contributed by atoms with E-state index in [2.05, 4.69) is 0 Å². The molecule has 1 aliphatic rings. The molecule has 1 aliphatic heterocycles. The maximum Gasteiger partial charge on any atom is 0.240 e. The molecule has 2 aromatic carbocycles. The second-order valence-corrected chi connectivity index (χ2v) is 7.43. The van der Waals surface area contributed by atoms with Crippen molar-refractivity contribution < 1.29 is 13.2 Å². The Bertz CT molecular complexity index is 800. The van der Waals surface area contributed by atoms with Gasteiger partial charge in [0.15, 0.2) is 0 Å². The average molecular weight is 315 g/mol. The van der Waals surface area contributed by atoms with Gasteiger partial charge in [0.25, 0.3) is 0 Å². The lowest BCUT2D eigenvalue weighted by atomic mass is 9.88. The summed E-state index contributed by atoms with van der Waals surface area (Å²) in [5.74, 6) is -0.507. The highest BCUT2D eigenvalue weighted by atomic mass is 32.2. The first kappa shape index (κ1) is 14.8. The fourth-order valence-electron chi connectivity index (χ4n) is 2.94. The number of hydrogen-bond acceptors (Lipinski definition) is 3. The lowest BCUT2D eigenvalue weighted by Crippen LogP contribution is -2.38. The molecule has 0 saturated heterocycles. The largest absolute Gasteiger partial charge is 0.273 e. The summed E-state index contributed by atoms with van der Waals surface area (Å²) in [7, 11) is -3.57. The second kappa shape index (κ2) is 5.57. The molecule has 1 atom stereocenters. The van der Waals surface area contributed by atoms with E-state index < -0.39 is 10.0 Å². The summed E-state index contributed by atoms with van der Waals surface area (Å²) >= 11 is 0. The maximum absolute atomic E-state index is 12.3. The fourth-order valence-corrected chi connectivity index (χ4v) is 3.80. The Balaban J connectivity index is 2.15. The van der Waals surface area contributed by atoms with Crippen molar-refractivity contribution in [2.24, 2.45) is 0 Å². The average Bonchev–Trinajstić information content (AvgIpc) is 2.63. The number of carbonyl (C=O) groups excluding carboxylic acids is 1. The number of rotatable bonds is 2. The minimum Gasteiger partial charge on any atom is -0.273 e. The summed E-state index contributed by atoms with van der Waals surface area (Å²) in [6.45, 7) is 0.151. The Morgan fingerprint density at radius 1 is 1.00 bits per heavy atom. The highest BCUT2D eigenvalue weighted by Crippen LogP contribution is 2.32. The van der Waals surface area contributed by atoms with Crippen LogP contribution in [0.15, 0.2) is 54.6 Å².